The topological polar surface area (TPSA) is 110 Å². The zero-order valence-corrected chi connectivity index (χ0v) is 17.1. The Morgan fingerprint density at radius 2 is 1.87 bits per heavy atom. The number of rotatable bonds is 6. The average Bonchev–Trinajstić information content (AvgIpc) is 2.71. The largest absolute Gasteiger partial charge is 0.481 e. The summed E-state index contributed by atoms with van der Waals surface area (Å²) in [6.07, 6.45) is -0.870. The molecule has 1 amide bonds. The summed E-state index contributed by atoms with van der Waals surface area (Å²) in [6, 6.07) is 16.5. The van der Waals surface area contributed by atoms with E-state index in [0.717, 1.165) is 16.0 Å². The van der Waals surface area contributed by atoms with Crippen LogP contribution in [0.2, 0.25) is 0 Å². The van der Waals surface area contributed by atoms with E-state index in [9.17, 15) is 14.4 Å². The number of H-pyrrole nitrogens is 1. The van der Waals surface area contributed by atoms with Crippen LogP contribution in [0.3, 0.4) is 0 Å². The predicted octanol–water partition coefficient (Wildman–Crippen LogP) is 1.91. The zero-order chi connectivity index (χ0) is 21.8. The maximum atomic E-state index is 12.9. The highest BCUT2D eigenvalue weighted by molar-refractivity contribution is 5.97. The maximum Gasteiger partial charge on any atom is 0.330 e. The molecule has 0 fully saturated rings. The fraction of sp³-hybridized carbons (Fsp3) is 0.227. The number of carbonyl (C=O) groups excluding carboxylic acids is 1. The van der Waals surface area contributed by atoms with Crippen LogP contribution in [-0.2, 0) is 11.3 Å². The van der Waals surface area contributed by atoms with Gasteiger partial charge in [-0.05, 0) is 37.1 Å². The lowest BCUT2D eigenvalue weighted by Crippen LogP contribution is -2.43. The van der Waals surface area contributed by atoms with Gasteiger partial charge in [-0.2, -0.15) is 0 Å². The number of aromatic nitrogens is 2. The molecule has 0 aliphatic rings. The van der Waals surface area contributed by atoms with Gasteiger partial charge in [0.25, 0.3) is 11.5 Å². The summed E-state index contributed by atoms with van der Waals surface area (Å²) in [5.74, 6) is -0.0231. The van der Waals surface area contributed by atoms with Crippen molar-refractivity contribution in [2.24, 2.45) is 0 Å². The minimum absolute atomic E-state index is 0.0915. The summed E-state index contributed by atoms with van der Waals surface area (Å²) in [5.41, 5.74) is 6.49. The van der Waals surface area contributed by atoms with E-state index in [4.69, 9.17) is 10.5 Å². The third kappa shape index (κ3) is 4.43. The van der Waals surface area contributed by atoms with Crippen molar-refractivity contribution in [3.05, 3.63) is 86.6 Å². The molecule has 0 spiro atoms. The van der Waals surface area contributed by atoms with Gasteiger partial charge in [0.05, 0.1) is 6.54 Å². The minimum atomic E-state index is -0.870. The number of nitrogen functional groups attached to an aromatic ring is 1. The zero-order valence-electron chi connectivity index (χ0n) is 17.1. The first-order valence-corrected chi connectivity index (χ1v) is 9.45. The molecule has 3 aromatic rings. The van der Waals surface area contributed by atoms with Gasteiger partial charge in [0.15, 0.2) is 11.8 Å². The molecule has 2 aromatic carbocycles. The number of hydrogen-bond donors (Lipinski definition) is 2. The fourth-order valence-corrected chi connectivity index (χ4v) is 3.15. The molecule has 0 radical (unpaired) electrons. The number of aromatic amines is 1. The highest BCUT2D eigenvalue weighted by atomic mass is 16.5. The molecule has 0 bridgehead atoms. The van der Waals surface area contributed by atoms with E-state index in [0.29, 0.717) is 5.75 Å². The van der Waals surface area contributed by atoms with Gasteiger partial charge in [0, 0.05) is 7.05 Å². The average molecular weight is 408 g/mol. The van der Waals surface area contributed by atoms with Crippen molar-refractivity contribution in [1.29, 1.82) is 0 Å². The third-order valence-corrected chi connectivity index (χ3v) is 4.71. The van der Waals surface area contributed by atoms with Gasteiger partial charge in [-0.3, -0.25) is 19.1 Å². The lowest BCUT2D eigenvalue weighted by atomic mass is 10.2. The number of amides is 1. The van der Waals surface area contributed by atoms with E-state index in [1.807, 2.05) is 55.5 Å². The van der Waals surface area contributed by atoms with Crippen LogP contribution in [0.5, 0.6) is 5.75 Å². The van der Waals surface area contributed by atoms with Gasteiger partial charge in [-0.25, -0.2) is 4.79 Å². The highest BCUT2D eigenvalue weighted by Crippen LogP contribution is 2.19. The molecule has 156 valence electrons. The second-order valence-electron chi connectivity index (χ2n) is 7.04. The van der Waals surface area contributed by atoms with Crippen LogP contribution in [0.15, 0.2) is 64.2 Å². The van der Waals surface area contributed by atoms with Gasteiger partial charge in [-0.15, -0.1) is 0 Å². The Bertz CT molecular complexity index is 1170. The molecule has 3 rings (SSSR count). The lowest BCUT2D eigenvalue weighted by Gasteiger charge is -2.23. The molecule has 1 heterocycles. The van der Waals surface area contributed by atoms with Crippen LogP contribution in [0.25, 0.3) is 0 Å². The number of ether oxygens (including phenoxy) is 1. The number of carbonyl (C=O) groups is 1. The molecule has 0 saturated heterocycles. The SMILES string of the molecule is Cc1cccc(O[C@H](C)C(=O)N(C)c2c(N)n(Cc3ccccc3)c(=O)[nH]c2=O)c1. The first-order chi connectivity index (χ1) is 14.3. The number of likely N-dealkylation sites (N-methyl/N-ethyl adjacent to an activating group) is 1. The minimum Gasteiger partial charge on any atom is -0.481 e. The number of nitrogens with zero attached hydrogens (tertiary/aromatic N) is 2. The van der Waals surface area contributed by atoms with E-state index in [1.54, 1.807) is 13.0 Å². The van der Waals surface area contributed by atoms with Crippen molar-refractivity contribution in [1.82, 2.24) is 9.55 Å². The van der Waals surface area contributed by atoms with Crippen molar-refractivity contribution < 1.29 is 9.53 Å². The molecule has 1 atom stereocenters. The summed E-state index contributed by atoms with van der Waals surface area (Å²) >= 11 is 0. The van der Waals surface area contributed by atoms with Gasteiger partial charge >= 0.3 is 5.69 Å². The Morgan fingerprint density at radius 1 is 1.17 bits per heavy atom. The van der Waals surface area contributed by atoms with Crippen molar-refractivity contribution in [2.75, 3.05) is 17.7 Å². The molecular weight excluding hydrogens is 384 g/mol. The van der Waals surface area contributed by atoms with Gasteiger partial charge in [0.2, 0.25) is 0 Å². The van der Waals surface area contributed by atoms with E-state index in [-0.39, 0.29) is 18.1 Å². The van der Waals surface area contributed by atoms with E-state index in [2.05, 4.69) is 4.98 Å². The number of nitrogens with two attached hydrogens (primary N) is 1. The number of aryl methyl sites for hydroxylation is 1. The first kappa shape index (κ1) is 20.9. The number of hydrogen-bond acceptors (Lipinski definition) is 5. The number of nitrogens with one attached hydrogen (secondary N) is 1. The van der Waals surface area contributed by atoms with Crippen molar-refractivity contribution in [3.8, 4) is 5.75 Å². The van der Waals surface area contributed by atoms with E-state index >= 15 is 0 Å². The van der Waals surface area contributed by atoms with Crippen LogP contribution in [-0.4, -0.2) is 28.6 Å². The first-order valence-electron chi connectivity index (χ1n) is 9.45. The van der Waals surface area contributed by atoms with Crippen LogP contribution < -0.4 is 26.6 Å². The van der Waals surface area contributed by atoms with Crippen molar-refractivity contribution >= 4 is 17.4 Å². The summed E-state index contributed by atoms with van der Waals surface area (Å²) in [6.45, 7) is 3.67. The molecule has 30 heavy (non-hydrogen) atoms. The Hall–Kier alpha value is -3.81. The second-order valence-corrected chi connectivity index (χ2v) is 7.04. The highest BCUT2D eigenvalue weighted by Gasteiger charge is 2.26. The number of anilines is 2. The van der Waals surface area contributed by atoms with Crippen LogP contribution in [0.4, 0.5) is 11.5 Å². The van der Waals surface area contributed by atoms with Crippen LogP contribution >= 0.6 is 0 Å². The summed E-state index contributed by atoms with van der Waals surface area (Å²) in [7, 11) is 1.43. The maximum absolute atomic E-state index is 12.9. The fourth-order valence-electron chi connectivity index (χ4n) is 3.15. The second kappa shape index (κ2) is 8.69. The van der Waals surface area contributed by atoms with E-state index in [1.165, 1.54) is 11.6 Å². The van der Waals surface area contributed by atoms with Crippen molar-refractivity contribution in [2.45, 2.75) is 26.5 Å². The monoisotopic (exact) mass is 408 g/mol. The van der Waals surface area contributed by atoms with Gasteiger partial charge in [0.1, 0.15) is 11.6 Å². The van der Waals surface area contributed by atoms with Gasteiger partial charge < -0.3 is 15.4 Å². The van der Waals surface area contributed by atoms with Crippen LogP contribution in [0.1, 0.15) is 18.1 Å². The summed E-state index contributed by atoms with van der Waals surface area (Å²) < 4.78 is 6.94. The number of benzene rings is 2. The lowest BCUT2D eigenvalue weighted by molar-refractivity contribution is -0.124. The predicted molar refractivity (Wildman–Crippen MR) is 116 cm³/mol. The van der Waals surface area contributed by atoms with Gasteiger partial charge in [-0.1, -0.05) is 42.5 Å². The molecule has 0 aliphatic carbocycles. The van der Waals surface area contributed by atoms with E-state index < -0.39 is 23.3 Å². The van der Waals surface area contributed by atoms with Crippen molar-refractivity contribution in [3.63, 3.8) is 0 Å². The molecular formula is C22H24N4O4. The molecule has 0 unspecified atom stereocenters. The quantitative estimate of drug-likeness (QED) is 0.647. The summed E-state index contributed by atoms with van der Waals surface area (Å²) in [5, 5.41) is 0. The third-order valence-electron chi connectivity index (χ3n) is 4.71. The molecule has 1 aromatic heterocycles. The Morgan fingerprint density at radius 3 is 2.53 bits per heavy atom. The van der Waals surface area contributed by atoms with Crippen LogP contribution in [0, 0.1) is 6.92 Å². The summed E-state index contributed by atoms with van der Waals surface area (Å²) in [4.78, 5) is 41.0. The normalized spacial score (nSPS) is 11.7. The molecule has 0 saturated carbocycles. The Labute approximate surface area is 173 Å². The standard InChI is InChI=1S/C22H24N4O4/c1-14-8-7-11-17(12-14)30-15(2)21(28)25(3)18-19(23)26(22(29)24-20(18)27)13-16-9-5-4-6-10-16/h4-12,15H,13,23H2,1-3H3,(H,24,27,29)/t15-/m1/s1. The Kier molecular flexibility index (Phi) is 6.06. The smallest absolute Gasteiger partial charge is 0.330 e. The molecule has 3 N–H and O–H groups in total. The molecule has 0 aliphatic heterocycles. The molecule has 8 nitrogen and oxygen atoms in total. The molecule has 8 heteroatoms. The Balaban J connectivity index is 1.90.